The Bertz CT molecular complexity index is 532. The minimum Gasteiger partial charge on any atom is -0.330 e. The molecule has 2 aromatic heterocycles. The van der Waals surface area contributed by atoms with E-state index in [2.05, 4.69) is 15.3 Å². The number of hydrogen-bond donors (Lipinski definition) is 1. The number of aromatic nitrogens is 4. The Balaban J connectivity index is 2.31. The van der Waals surface area contributed by atoms with Crippen LogP contribution in [0, 0.1) is 0 Å². The highest BCUT2D eigenvalue weighted by Crippen LogP contribution is 2.31. The van der Waals surface area contributed by atoms with Crippen LogP contribution < -0.4 is 5.73 Å². The highest BCUT2D eigenvalue weighted by molar-refractivity contribution is 7.16. The van der Waals surface area contributed by atoms with Crippen LogP contribution in [0.1, 0.15) is 36.5 Å². The summed E-state index contributed by atoms with van der Waals surface area (Å²) in [6.07, 6.45) is -2.93. The average Bonchev–Trinajstić information content (AvgIpc) is 2.82. The topological polar surface area (TPSA) is 69.1 Å². The van der Waals surface area contributed by atoms with Gasteiger partial charge in [0.05, 0.1) is 0 Å². The third kappa shape index (κ3) is 2.46. The van der Waals surface area contributed by atoms with E-state index in [1.807, 2.05) is 6.92 Å². The van der Waals surface area contributed by atoms with Crippen molar-refractivity contribution in [1.82, 2.24) is 19.8 Å². The fourth-order valence-electron chi connectivity index (χ4n) is 1.56. The number of alkyl halides is 3. The van der Waals surface area contributed by atoms with E-state index in [9.17, 15) is 13.2 Å². The molecule has 0 saturated heterocycles. The second kappa shape index (κ2) is 4.81. The Morgan fingerprint density at radius 1 is 1.39 bits per heavy atom. The monoisotopic (exact) mass is 279 g/mol. The molecular weight excluding hydrogens is 267 g/mol. The molecule has 1 unspecified atom stereocenters. The third-order valence-electron chi connectivity index (χ3n) is 2.52. The molecule has 0 aliphatic rings. The molecule has 0 aromatic carbocycles. The summed E-state index contributed by atoms with van der Waals surface area (Å²) in [4.78, 5) is 0.164. The van der Waals surface area contributed by atoms with E-state index in [4.69, 9.17) is 5.73 Å². The van der Waals surface area contributed by atoms with Crippen molar-refractivity contribution in [2.45, 2.75) is 31.9 Å². The number of nitrogens with zero attached hydrogens (tertiary/aromatic N) is 4. The van der Waals surface area contributed by atoms with Gasteiger partial charge in [0.25, 0.3) is 5.82 Å². The van der Waals surface area contributed by atoms with Gasteiger partial charge in [-0.3, -0.25) is 0 Å². The maximum absolute atomic E-state index is 12.6. The SMILES string of the molecule is CC(CCCN)c1nn2c(C(F)(F)F)nnc2s1. The summed E-state index contributed by atoms with van der Waals surface area (Å²) in [7, 11) is 0. The van der Waals surface area contributed by atoms with Crippen LogP contribution in [0.3, 0.4) is 0 Å². The quantitative estimate of drug-likeness (QED) is 0.930. The minimum absolute atomic E-state index is 0.0707. The lowest BCUT2D eigenvalue weighted by Crippen LogP contribution is -2.12. The van der Waals surface area contributed by atoms with Crippen molar-refractivity contribution in [2.24, 2.45) is 5.73 Å². The summed E-state index contributed by atoms with van der Waals surface area (Å²) in [5, 5.41) is 11.2. The Kier molecular flexibility index (Phi) is 3.53. The smallest absolute Gasteiger partial charge is 0.330 e. The molecule has 0 radical (unpaired) electrons. The van der Waals surface area contributed by atoms with Crippen molar-refractivity contribution in [3.8, 4) is 0 Å². The number of rotatable bonds is 4. The van der Waals surface area contributed by atoms with E-state index in [1.54, 1.807) is 0 Å². The Labute approximate surface area is 105 Å². The van der Waals surface area contributed by atoms with Crippen LogP contribution in [0.2, 0.25) is 0 Å². The van der Waals surface area contributed by atoms with Gasteiger partial charge in [0.15, 0.2) is 0 Å². The van der Waals surface area contributed by atoms with E-state index in [0.717, 1.165) is 28.7 Å². The first kappa shape index (κ1) is 13.2. The molecule has 0 aliphatic heterocycles. The van der Waals surface area contributed by atoms with Crippen molar-refractivity contribution in [3.05, 3.63) is 10.8 Å². The summed E-state index contributed by atoms with van der Waals surface area (Å²) in [6, 6.07) is 0. The van der Waals surface area contributed by atoms with Gasteiger partial charge < -0.3 is 5.73 Å². The fourth-order valence-corrected chi connectivity index (χ4v) is 2.48. The zero-order valence-corrected chi connectivity index (χ0v) is 10.4. The van der Waals surface area contributed by atoms with Crippen molar-refractivity contribution < 1.29 is 13.2 Å². The minimum atomic E-state index is -4.54. The van der Waals surface area contributed by atoms with Crippen LogP contribution in [0.25, 0.3) is 4.96 Å². The van der Waals surface area contributed by atoms with Gasteiger partial charge >= 0.3 is 6.18 Å². The molecule has 0 aliphatic carbocycles. The Morgan fingerprint density at radius 2 is 2.11 bits per heavy atom. The largest absolute Gasteiger partial charge is 0.453 e. The highest BCUT2D eigenvalue weighted by Gasteiger charge is 2.38. The van der Waals surface area contributed by atoms with Crippen LogP contribution in [-0.4, -0.2) is 26.4 Å². The van der Waals surface area contributed by atoms with E-state index in [-0.39, 0.29) is 10.9 Å². The van der Waals surface area contributed by atoms with Gasteiger partial charge in [-0.15, -0.1) is 10.2 Å². The molecular formula is C9H12F3N5S. The Hall–Kier alpha value is -1.22. The molecule has 2 aromatic rings. The molecule has 0 saturated carbocycles. The lowest BCUT2D eigenvalue weighted by atomic mass is 10.1. The third-order valence-corrected chi connectivity index (χ3v) is 3.65. The van der Waals surface area contributed by atoms with Crippen LogP contribution in [0.4, 0.5) is 13.2 Å². The zero-order chi connectivity index (χ0) is 13.3. The lowest BCUT2D eigenvalue weighted by molar-refractivity contribution is -0.146. The maximum Gasteiger partial charge on any atom is 0.453 e. The fraction of sp³-hybridized carbons (Fsp3) is 0.667. The standard InChI is InChI=1S/C9H12F3N5S/c1-5(3-2-4-13)6-16-17-7(9(10,11)12)14-15-8(17)18-6/h5H,2-4,13H2,1H3. The second-order valence-corrected chi connectivity index (χ2v) is 4.98. The van der Waals surface area contributed by atoms with E-state index < -0.39 is 12.0 Å². The predicted molar refractivity (Wildman–Crippen MR) is 60.4 cm³/mol. The normalized spacial score (nSPS) is 14.3. The number of nitrogens with two attached hydrogens (primary N) is 1. The van der Waals surface area contributed by atoms with Gasteiger partial charge in [-0.1, -0.05) is 18.3 Å². The predicted octanol–water partition coefficient (Wildman–Crippen LogP) is 2.05. The van der Waals surface area contributed by atoms with Crippen LogP contribution >= 0.6 is 11.3 Å². The van der Waals surface area contributed by atoms with Crippen molar-refractivity contribution in [2.75, 3.05) is 6.54 Å². The van der Waals surface area contributed by atoms with Crippen molar-refractivity contribution in [3.63, 3.8) is 0 Å². The number of hydrogen-bond acceptors (Lipinski definition) is 5. The maximum atomic E-state index is 12.6. The first-order valence-corrected chi connectivity index (χ1v) is 6.24. The van der Waals surface area contributed by atoms with Gasteiger partial charge in [0.1, 0.15) is 5.01 Å². The molecule has 0 bridgehead atoms. The van der Waals surface area contributed by atoms with Crippen molar-refractivity contribution >= 4 is 16.3 Å². The molecule has 1 atom stereocenters. The summed E-state index contributed by atoms with van der Waals surface area (Å²) in [5.74, 6) is -1.01. The molecule has 100 valence electrons. The summed E-state index contributed by atoms with van der Waals surface area (Å²) < 4.78 is 38.5. The summed E-state index contributed by atoms with van der Waals surface area (Å²) in [6.45, 7) is 2.47. The first-order chi connectivity index (χ1) is 8.43. The zero-order valence-electron chi connectivity index (χ0n) is 9.61. The molecule has 2 N–H and O–H groups in total. The van der Waals surface area contributed by atoms with Gasteiger partial charge in [-0.25, -0.2) is 0 Å². The van der Waals surface area contributed by atoms with Crippen LogP contribution in [0.5, 0.6) is 0 Å². The van der Waals surface area contributed by atoms with Crippen LogP contribution in [0.15, 0.2) is 0 Å². The summed E-state index contributed by atoms with van der Waals surface area (Å²) in [5.41, 5.74) is 5.40. The van der Waals surface area contributed by atoms with Gasteiger partial charge in [0, 0.05) is 5.92 Å². The number of fused-ring (bicyclic) bond motifs is 1. The molecule has 0 amide bonds. The molecule has 9 heteroatoms. The first-order valence-electron chi connectivity index (χ1n) is 5.43. The van der Waals surface area contributed by atoms with E-state index in [1.165, 1.54) is 0 Å². The van der Waals surface area contributed by atoms with Crippen molar-refractivity contribution in [1.29, 1.82) is 0 Å². The molecule has 5 nitrogen and oxygen atoms in total. The molecule has 0 spiro atoms. The Morgan fingerprint density at radius 3 is 2.72 bits per heavy atom. The lowest BCUT2D eigenvalue weighted by Gasteiger charge is -2.05. The molecule has 2 heterocycles. The van der Waals surface area contributed by atoms with Gasteiger partial charge in [-0.2, -0.15) is 22.8 Å². The molecule has 2 rings (SSSR count). The molecule has 18 heavy (non-hydrogen) atoms. The number of halogens is 3. The highest BCUT2D eigenvalue weighted by atomic mass is 32.1. The second-order valence-electron chi connectivity index (χ2n) is 3.99. The summed E-state index contributed by atoms with van der Waals surface area (Å²) >= 11 is 1.13. The van der Waals surface area contributed by atoms with E-state index in [0.29, 0.717) is 11.6 Å². The van der Waals surface area contributed by atoms with Gasteiger partial charge in [0.2, 0.25) is 4.96 Å². The van der Waals surface area contributed by atoms with E-state index >= 15 is 0 Å². The van der Waals surface area contributed by atoms with Crippen LogP contribution in [-0.2, 0) is 6.18 Å². The molecule has 0 fully saturated rings. The average molecular weight is 279 g/mol. The van der Waals surface area contributed by atoms with Gasteiger partial charge in [-0.05, 0) is 19.4 Å².